The van der Waals surface area contributed by atoms with Gasteiger partial charge in [-0.2, -0.15) is 0 Å². The first-order chi connectivity index (χ1) is 7.13. The Balaban J connectivity index is 2.43. The summed E-state index contributed by atoms with van der Waals surface area (Å²) in [7, 11) is 0. The lowest BCUT2D eigenvalue weighted by molar-refractivity contribution is 0.126. The Labute approximate surface area is 99.1 Å². The van der Waals surface area contributed by atoms with Crippen LogP contribution in [-0.2, 0) is 0 Å². The highest BCUT2D eigenvalue weighted by atomic mass is 79.9. The van der Waals surface area contributed by atoms with Crippen LogP contribution in [0.15, 0.2) is 22.9 Å². The zero-order valence-corrected chi connectivity index (χ0v) is 10.7. The summed E-state index contributed by atoms with van der Waals surface area (Å²) in [5.74, 6) is 0.317. The lowest BCUT2D eigenvalue weighted by Crippen LogP contribution is -2.26. The number of aliphatic hydroxyl groups is 1. The van der Waals surface area contributed by atoms with E-state index in [-0.39, 0.29) is 6.10 Å². The molecule has 0 spiro atoms. The van der Waals surface area contributed by atoms with E-state index >= 15 is 0 Å². The highest BCUT2D eigenvalue weighted by Crippen LogP contribution is 2.14. The molecular weight excluding hydrogens is 256 g/mol. The highest BCUT2D eigenvalue weighted by molar-refractivity contribution is 9.10. The normalized spacial score (nSPS) is 14.7. The van der Waals surface area contributed by atoms with Gasteiger partial charge >= 0.3 is 0 Å². The molecule has 0 aliphatic rings. The third-order valence-electron chi connectivity index (χ3n) is 2.52. The van der Waals surface area contributed by atoms with E-state index in [1.54, 1.807) is 12.4 Å². The second-order valence-corrected chi connectivity index (χ2v) is 4.64. The Bertz CT molecular complexity index is 306. The first kappa shape index (κ1) is 12.5. The number of nitrogens with one attached hydrogen (secondary N) is 1. The summed E-state index contributed by atoms with van der Waals surface area (Å²) in [5.41, 5.74) is 0.923. The number of anilines is 1. The average Bonchev–Trinajstić information content (AvgIpc) is 2.25. The standard InChI is InChI=1S/C11H17BrN2O/c1-3-8(2)11(15)7-14-10-4-9(12)5-13-6-10/h4-6,8,11,14-15H,3,7H2,1-2H3. The van der Waals surface area contributed by atoms with Crippen LogP contribution in [0.3, 0.4) is 0 Å². The highest BCUT2D eigenvalue weighted by Gasteiger charge is 2.11. The summed E-state index contributed by atoms with van der Waals surface area (Å²) in [6, 6.07) is 1.94. The van der Waals surface area contributed by atoms with Crippen LogP contribution in [-0.4, -0.2) is 22.7 Å². The predicted octanol–water partition coefficient (Wildman–Crippen LogP) is 2.66. The maximum absolute atomic E-state index is 9.75. The molecule has 2 atom stereocenters. The lowest BCUT2D eigenvalue weighted by atomic mass is 10.0. The van der Waals surface area contributed by atoms with E-state index in [9.17, 15) is 5.11 Å². The average molecular weight is 273 g/mol. The van der Waals surface area contributed by atoms with Crippen LogP contribution in [0.5, 0.6) is 0 Å². The number of aromatic nitrogens is 1. The first-order valence-electron chi connectivity index (χ1n) is 5.16. The second-order valence-electron chi connectivity index (χ2n) is 3.73. The summed E-state index contributed by atoms with van der Waals surface area (Å²) >= 11 is 3.35. The van der Waals surface area contributed by atoms with Crippen molar-refractivity contribution in [3.8, 4) is 0 Å². The fraction of sp³-hybridized carbons (Fsp3) is 0.545. The molecule has 0 saturated heterocycles. The summed E-state index contributed by atoms with van der Waals surface area (Å²) in [4.78, 5) is 4.04. The molecule has 1 aromatic heterocycles. The Kier molecular flexibility index (Phi) is 5.05. The van der Waals surface area contributed by atoms with Crippen molar-refractivity contribution in [3.05, 3.63) is 22.9 Å². The molecule has 1 rings (SSSR count). The molecule has 0 amide bonds. The fourth-order valence-corrected chi connectivity index (χ4v) is 1.57. The van der Waals surface area contributed by atoms with Gasteiger partial charge in [0.1, 0.15) is 0 Å². The van der Waals surface area contributed by atoms with Gasteiger partial charge in [0.2, 0.25) is 0 Å². The summed E-state index contributed by atoms with van der Waals surface area (Å²) < 4.78 is 0.936. The van der Waals surface area contributed by atoms with E-state index in [0.717, 1.165) is 16.6 Å². The number of rotatable bonds is 5. The molecule has 0 radical (unpaired) electrons. The van der Waals surface area contributed by atoms with Crippen LogP contribution < -0.4 is 5.32 Å². The van der Waals surface area contributed by atoms with Crippen LogP contribution in [0.4, 0.5) is 5.69 Å². The summed E-state index contributed by atoms with van der Waals surface area (Å²) in [6.07, 6.45) is 4.15. The molecule has 2 unspecified atom stereocenters. The van der Waals surface area contributed by atoms with Crippen LogP contribution in [0, 0.1) is 5.92 Å². The van der Waals surface area contributed by atoms with Crippen molar-refractivity contribution in [3.63, 3.8) is 0 Å². The van der Waals surface area contributed by atoms with Crippen LogP contribution >= 0.6 is 15.9 Å². The first-order valence-corrected chi connectivity index (χ1v) is 5.95. The van der Waals surface area contributed by atoms with Gasteiger partial charge in [-0.15, -0.1) is 0 Å². The number of aliphatic hydroxyl groups excluding tert-OH is 1. The molecule has 1 heterocycles. The van der Waals surface area contributed by atoms with Crippen LogP contribution in [0.1, 0.15) is 20.3 Å². The molecule has 0 fully saturated rings. The zero-order chi connectivity index (χ0) is 11.3. The smallest absolute Gasteiger partial charge is 0.0737 e. The maximum Gasteiger partial charge on any atom is 0.0737 e. The number of nitrogens with zero attached hydrogens (tertiary/aromatic N) is 1. The van der Waals surface area contributed by atoms with Crippen molar-refractivity contribution in [2.75, 3.05) is 11.9 Å². The minimum Gasteiger partial charge on any atom is -0.391 e. The molecule has 0 aliphatic carbocycles. The fourth-order valence-electron chi connectivity index (χ4n) is 1.20. The van der Waals surface area contributed by atoms with Crippen molar-refractivity contribution in [2.24, 2.45) is 5.92 Å². The third kappa shape index (κ3) is 4.18. The van der Waals surface area contributed by atoms with Crippen LogP contribution in [0.25, 0.3) is 0 Å². The molecule has 0 aliphatic heterocycles. The van der Waals surface area contributed by atoms with Gasteiger partial charge < -0.3 is 10.4 Å². The molecule has 84 valence electrons. The zero-order valence-electron chi connectivity index (χ0n) is 9.07. The molecule has 2 N–H and O–H groups in total. The molecule has 3 nitrogen and oxygen atoms in total. The summed E-state index contributed by atoms with van der Waals surface area (Å²) in [5, 5.41) is 12.9. The van der Waals surface area contributed by atoms with Gasteiger partial charge in [0.15, 0.2) is 0 Å². The van der Waals surface area contributed by atoms with E-state index in [0.29, 0.717) is 12.5 Å². The molecular formula is C11H17BrN2O. The van der Waals surface area contributed by atoms with Gasteiger partial charge in [-0.05, 0) is 27.9 Å². The van der Waals surface area contributed by atoms with E-state index in [2.05, 4.69) is 33.2 Å². The topological polar surface area (TPSA) is 45.1 Å². The molecule has 4 heteroatoms. The lowest BCUT2D eigenvalue weighted by Gasteiger charge is -2.18. The number of halogens is 1. The second kappa shape index (κ2) is 6.08. The Morgan fingerprint density at radius 2 is 2.27 bits per heavy atom. The van der Waals surface area contributed by atoms with Crippen molar-refractivity contribution in [1.82, 2.24) is 4.98 Å². The van der Waals surface area contributed by atoms with Gasteiger partial charge in [0.05, 0.1) is 18.0 Å². The maximum atomic E-state index is 9.75. The van der Waals surface area contributed by atoms with Crippen molar-refractivity contribution < 1.29 is 5.11 Å². The monoisotopic (exact) mass is 272 g/mol. The quantitative estimate of drug-likeness (QED) is 0.867. The van der Waals surface area contributed by atoms with E-state index in [1.165, 1.54) is 0 Å². The van der Waals surface area contributed by atoms with Crippen molar-refractivity contribution >= 4 is 21.6 Å². The Morgan fingerprint density at radius 3 is 2.87 bits per heavy atom. The van der Waals surface area contributed by atoms with E-state index in [4.69, 9.17) is 0 Å². The minimum absolute atomic E-state index is 0.311. The largest absolute Gasteiger partial charge is 0.391 e. The number of hydrogen-bond acceptors (Lipinski definition) is 3. The van der Waals surface area contributed by atoms with Gasteiger partial charge in [0.25, 0.3) is 0 Å². The van der Waals surface area contributed by atoms with E-state index < -0.39 is 0 Å². The van der Waals surface area contributed by atoms with Crippen LogP contribution in [0.2, 0.25) is 0 Å². The van der Waals surface area contributed by atoms with Gasteiger partial charge in [-0.3, -0.25) is 4.98 Å². The molecule has 1 aromatic rings. The SMILES string of the molecule is CCC(C)C(O)CNc1cncc(Br)c1. The summed E-state index contributed by atoms with van der Waals surface area (Å²) in [6.45, 7) is 4.69. The van der Waals surface area contributed by atoms with Gasteiger partial charge in [-0.1, -0.05) is 20.3 Å². The molecule has 0 saturated carbocycles. The Hall–Kier alpha value is -0.610. The minimum atomic E-state index is -0.311. The van der Waals surface area contributed by atoms with E-state index in [1.807, 2.05) is 13.0 Å². The van der Waals surface area contributed by atoms with Crippen molar-refractivity contribution in [2.45, 2.75) is 26.4 Å². The van der Waals surface area contributed by atoms with Gasteiger partial charge in [0, 0.05) is 17.2 Å². The predicted molar refractivity (Wildman–Crippen MR) is 65.9 cm³/mol. The molecule has 0 bridgehead atoms. The molecule has 15 heavy (non-hydrogen) atoms. The number of hydrogen-bond donors (Lipinski definition) is 2. The molecule has 0 aromatic carbocycles. The Morgan fingerprint density at radius 1 is 1.53 bits per heavy atom. The van der Waals surface area contributed by atoms with Gasteiger partial charge in [-0.25, -0.2) is 0 Å². The third-order valence-corrected chi connectivity index (χ3v) is 2.95. The number of pyridine rings is 1. The van der Waals surface area contributed by atoms with Crippen molar-refractivity contribution in [1.29, 1.82) is 0 Å².